The first-order valence-corrected chi connectivity index (χ1v) is 10.9. The number of nitrogens with one attached hydrogen (secondary N) is 1. The lowest BCUT2D eigenvalue weighted by molar-refractivity contribution is -0.143. The van der Waals surface area contributed by atoms with E-state index in [1.807, 2.05) is 0 Å². The zero-order chi connectivity index (χ0) is 24.0. The Hall–Kier alpha value is -2.29. The average Bonchev–Trinajstić information content (AvgIpc) is 3.18. The van der Waals surface area contributed by atoms with Crippen LogP contribution in [-0.2, 0) is 12.4 Å². The summed E-state index contributed by atoms with van der Waals surface area (Å²) in [6.07, 6.45) is -6.68. The third kappa shape index (κ3) is 5.13. The molecule has 2 aliphatic rings. The Bertz CT molecular complexity index is 969. The molecular formula is C24H24F7NO. The van der Waals surface area contributed by atoms with Gasteiger partial charge in [-0.3, -0.25) is 0 Å². The van der Waals surface area contributed by atoms with Gasteiger partial charge in [0, 0.05) is 6.04 Å². The smallest absolute Gasteiger partial charge is 0.416 e. The summed E-state index contributed by atoms with van der Waals surface area (Å²) in [5.41, 5.74) is -2.41. The van der Waals surface area contributed by atoms with Crippen molar-refractivity contribution in [1.29, 1.82) is 0 Å². The quantitative estimate of drug-likeness (QED) is 0.464. The number of rotatable bonds is 4. The van der Waals surface area contributed by atoms with Crippen molar-refractivity contribution in [3.8, 4) is 5.75 Å². The third-order valence-electron chi connectivity index (χ3n) is 6.69. The SMILES string of the molecule is C[C@H](Oc1cc(C2NCC3CCCCC32)ccc1F)c1cc(C(F)(F)F)cc(C(F)(F)F)c1. The van der Waals surface area contributed by atoms with Crippen LogP contribution < -0.4 is 10.1 Å². The predicted molar refractivity (Wildman–Crippen MR) is 108 cm³/mol. The predicted octanol–water partition coefficient (Wildman–Crippen LogP) is 7.45. The number of hydrogen-bond acceptors (Lipinski definition) is 2. The molecule has 2 aromatic rings. The molecule has 1 saturated heterocycles. The summed E-state index contributed by atoms with van der Waals surface area (Å²) in [6.45, 7) is 2.16. The molecule has 2 fully saturated rings. The first-order valence-electron chi connectivity index (χ1n) is 10.9. The van der Waals surface area contributed by atoms with Gasteiger partial charge in [-0.15, -0.1) is 0 Å². The summed E-state index contributed by atoms with van der Waals surface area (Å²) < 4.78 is 99.1. The fourth-order valence-electron chi connectivity index (χ4n) is 5.00. The molecule has 1 N–H and O–H groups in total. The zero-order valence-corrected chi connectivity index (χ0v) is 17.9. The summed E-state index contributed by atoms with van der Waals surface area (Å²) in [6, 6.07) is 5.65. The van der Waals surface area contributed by atoms with Gasteiger partial charge in [-0.05, 0) is 79.6 Å². The topological polar surface area (TPSA) is 21.3 Å². The normalized spacial score (nSPS) is 24.4. The third-order valence-corrected chi connectivity index (χ3v) is 6.69. The molecule has 0 amide bonds. The molecule has 1 aliphatic carbocycles. The second-order valence-corrected chi connectivity index (χ2v) is 8.88. The Labute approximate surface area is 187 Å². The number of alkyl halides is 6. The molecule has 3 unspecified atom stereocenters. The Morgan fingerprint density at radius 1 is 0.909 bits per heavy atom. The van der Waals surface area contributed by atoms with Crippen LogP contribution in [0.5, 0.6) is 5.75 Å². The van der Waals surface area contributed by atoms with Crippen molar-refractivity contribution in [2.24, 2.45) is 11.8 Å². The van der Waals surface area contributed by atoms with E-state index < -0.39 is 35.4 Å². The molecule has 0 spiro atoms. The molecule has 9 heteroatoms. The minimum Gasteiger partial charge on any atom is -0.483 e. The van der Waals surface area contributed by atoms with Crippen LogP contribution in [0.15, 0.2) is 36.4 Å². The molecular weight excluding hydrogens is 451 g/mol. The van der Waals surface area contributed by atoms with Gasteiger partial charge in [-0.25, -0.2) is 4.39 Å². The lowest BCUT2D eigenvalue weighted by Crippen LogP contribution is -2.21. The Kier molecular flexibility index (Phi) is 6.37. The van der Waals surface area contributed by atoms with E-state index in [2.05, 4.69) is 5.32 Å². The molecule has 1 heterocycles. The molecule has 0 radical (unpaired) electrons. The highest BCUT2D eigenvalue weighted by Crippen LogP contribution is 2.44. The lowest BCUT2D eigenvalue weighted by Gasteiger charge is -2.28. The highest BCUT2D eigenvalue weighted by Gasteiger charge is 2.39. The van der Waals surface area contributed by atoms with E-state index in [1.54, 1.807) is 6.07 Å². The largest absolute Gasteiger partial charge is 0.483 e. The van der Waals surface area contributed by atoms with E-state index in [-0.39, 0.29) is 23.4 Å². The summed E-state index contributed by atoms with van der Waals surface area (Å²) >= 11 is 0. The zero-order valence-electron chi connectivity index (χ0n) is 17.9. The summed E-state index contributed by atoms with van der Waals surface area (Å²) in [5, 5.41) is 3.47. The fraction of sp³-hybridized carbons (Fsp3) is 0.500. The Morgan fingerprint density at radius 2 is 1.55 bits per heavy atom. The maximum atomic E-state index is 14.5. The average molecular weight is 475 g/mol. The maximum absolute atomic E-state index is 14.5. The molecule has 4 atom stereocenters. The van der Waals surface area contributed by atoms with E-state index >= 15 is 0 Å². The van der Waals surface area contributed by atoms with Gasteiger partial charge in [0.15, 0.2) is 11.6 Å². The van der Waals surface area contributed by atoms with E-state index in [1.165, 1.54) is 25.5 Å². The summed E-state index contributed by atoms with van der Waals surface area (Å²) in [4.78, 5) is 0. The van der Waals surface area contributed by atoms with Crippen LogP contribution in [0.1, 0.15) is 67.0 Å². The molecule has 1 aliphatic heterocycles. The first kappa shape index (κ1) is 23.9. The van der Waals surface area contributed by atoms with Gasteiger partial charge in [0.05, 0.1) is 11.1 Å². The van der Waals surface area contributed by atoms with Gasteiger partial charge in [-0.1, -0.05) is 18.9 Å². The number of benzene rings is 2. The second kappa shape index (κ2) is 8.81. The Balaban J connectivity index is 1.61. The van der Waals surface area contributed by atoms with Crippen LogP contribution in [0.4, 0.5) is 30.7 Å². The van der Waals surface area contributed by atoms with Gasteiger partial charge in [0.25, 0.3) is 0 Å². The van der Waals surface area contributed by atoms with Crippen molar-refractivity contribution in [3.63, 3.8) is 0 Å². The van der Waals surface area contributed by atoms with Crippen LogP contribution in [0.2, 0.25) is 0 Å². The molecule has 0 aromatic heterocycles. The number of fused-ring (bicyclic) bond motifs is 1. The maximum Gasteiger partial charge on any atom is 0.416 e. The monoisotopic (exact) mass is 475 g/mol. The molecule has 2 nitrogen and oxygen atoms in total. The van der Waals surface area contributed by atoms with Crippen molar-refractivity contribution in [3.05, 3.63) is 64.5 Å². The van der Waals surface area contributed by atoms with E-state index in [9.17, 15) is 30.7 Å². The van der Waals surface area contributed by atoms with Gasteiger partial charge in [0.2, 0.25) is 0 Å². The van der Waals surface area contributed by atoms with Gasteiger partial charge in [-0.2, -0.15) is 26.3 Å². The summed E-state index contributed by atoms with van der Waals surface area (Å²) in [5.74, 6) is 0.0223. The standard InChI is InChI=1S/C24H24F7NO/c1-13(16-8-17(23(26,27)28)11-18(9-16)24(29,30)31)33-21-10-14(6-7-20(21)25)22-19-5-3-2-4-15(19)12-32-22/h6-11,13,15,19,22,32H,2-5,12H2,1H3/t13-,15?,19?,22?/m0/s1. The van der Waals surface area contributed by atoms with Crippen LogP contribution in [0.25, 0.3) is 0 Å². The number of hydrogen-bond donors (Lipinski definition) is 1. The van der Waals surface area contributed by atoms with Crippen molar-refractivity contribution in [2.75, 3.05) is 6.54 Å². The summed E-state index contributed by atoms with van der Waals surface area (Å²) in [7, 11) is 0. The fourth-order valence-corrected chi connectivity index (χ4v) is 5.00. The van der Waals surface area contributed by atoms with Crippen LogP contribution in [-0.4, -0.2) is 6.54 Å². The molecule has 2 aromatic carbocycles. The minimum absolute atomic E-state index is 0.0129. The highest BCUT2D eigenvalue weighted by atomic mass is 19.4. The van der Waals surface area contributed by atoms with Gasteiger partial charge in [0.1, 0.15) is 6.10 Å². The van der Waals surface area contributed by atoms with Crippen molar-refractivity contribution in [2.45, 2.75) is 57.1 Å². The Morgan fingerprint density at radius 3 is 2.18 bits per heavy atom. The highest BCUT2D eigenvalue weighted by molar-refractivity contribution is 5.37. The molecule has 1 saturated carbocycles. The van der Waals surface area contributed by atoms with Crippen LogP contribution >= 0.6 is 0 Å². The van der Waals surface area contributed by atoms with Gasteiger partial charge < -0.3 is 10.1 Å². The molecule has 4 rings (SSSR count). The van der Waals surface area contributed by atoms with Crippen LogP contribution in [0.3, 0.4) is 0 Å². The molecule has 180 valence electrons. The lowest BCUT2D eigenvalue weighted by atomic mass is 9.77. The van der Waals surface area contributed by atoms with E-state index in [0.717, 1.165) is 31.4 Å². The second-order valence-electron chi connectivity index (χ2n) is 8.88. The van der Waals surface area contributed by atoms with E-state index in [4.69, 9.17) is 4.74 Å². The number of halogens is 7. The molecule has 0 bridgehead atoms. The van der Waals surface area contributed by atoms with E-state index in [0.29, 0.717) is 24.0 Å². The molecule has 33 heavy (non-hydrogen) atoms. The van der Waals surface area contributed by atoms with Crippen LogP contribution in [0, 0.1) is 17.7 Å². The number of ether oxygens (including phenoxy) is 1. The van der Waals surface area contributed by atoms with Crippen molar-refractivity contribution >= 4 is 0 Å². The van der Waals surface area contributed by atoms with Crippen molar-refractivity contribution < 1.29 is 35.5 Å². The first-order chi connectivity index (χ1) is 15.4. The van der Waals surface area contributed by atoms with Crippen molar-refractivity contribution in [1.82, 2.24) is 5.32 Å². The van der Waals surface area contributed by atoms with Gasteiger partial charge >= 0.3 is 12.4 Å². The minimum atomic E-state index is -4.97.